The minimum atomic E-state index is -1.06. The summed E-state index contributed by atoms with van der Waals surface area (Å²) in [7, 11) is 0. The minimum absolute atomic E-state index is 0.0397. The smallest absolute Gasteiger partial charge is 0.222 e. The predicted molar refractivity (Wildman–Crippen MR) is 89.5 cm³/mol. The van der Waals surface area contributed by atoms with Crippen molar-refractivity contribution in [1.82, 2.24) is 14.5 Å². The Hall–Kier alpha value is -2.41. The van der Waals surface area contributed by atoms with E-state index in [1.807, 2.05) is 10.8 Å². The molecule has 7 heteroatoms. The highest BCUT2D eigenvalue weighted by molar-refractivity contribution is 5.76. The fraction of sp³-hybridized carbons (Fsp3) is 0.444. The maximum absolute atomic E-state index is 12.9. The van der Waals surface area contributed by atoms with Gasteiger partial charge in [0.15, 0.2) is 0 Å². The normalized spacial score (nSPS) is 20.0. The lowest BCUT2D eigenvalue weighted by Gasteiger charge is -2.23. The zero-order chi connectivity index (χ0) is 17.7. The van der Waals surface area contributed by atoms with Crippen molar-refractivity contribution in [2.45, 2.75) is 31.4 Å². The SMILES string of the molecule is O=C(CCCn1ccnc1)N1CC[C@@](O)(COc2ccc(F)cc2)C1. The van der Waals surface area contributed by atoms with Gasteiger partial charge in [-0.2, -0.15) is 0 Å². The summed E-state index contributed by atoms with van der Waals surface area (Å²) in [6, 6.07) is 5.66. The molecule has 1 aromatic carbocycles. The number of halogens is 1. The molecule has 0 bridgehead atoms. The van der Waals surface area contributed by atoms with Crippen molar-refractivity contribution < 1.29 is 19.0 Å². The Labute approximate surface area is 145 Å². The number of carbonyl (C=O) groups excluding carboxylic acids is 1. The van der Waals surface area contributed by atoms with Crippen LogP contribution in [-0.4, -0.2) is 50.8 Å². The second-order valence-electron chi connectivity index (χ2n) is 6.44. The molecular weight excluding hydrogens is 325 g/mol. The first-order chi connectivity index (χ1) is 12.0. The highest BCUT2D eigenvalue weighted by Crippen LogP contribution is 2.24. The Kier molecular flexibility index (Phi) is 5.33. The van der Waals surface area contributed by atoms with Gasteiger partial charge in [0.05, 0.1) is 12.9 Å². The van der Waals surface area contributed by atoms with Crippen molar-refractivity contribution in [2.24, 2.45) is 0 Å². The predicted octanol–water partition coefficient (Wildman–Crippen LogP) is 1.84. The van der Waals surface area contributed by atoms with Gasteiger partial charge in [-0.15, -0.1) is 0 Å². The number of nitrogens with zero attached hydrogens (tertiary/aromatic N) is 3. The summed E-state index contributed by atoms with van der Waals surface area (Å²) >= 11 is 0. The number of aromatic nitrogens is 2. The first-order valence-corrected chi connectivity index (χ1v) is 8.38. The van der Waals surface area contributed by atoms with Crippen molar-refractivity contribution in [3.05, 3.63) is 48.8 Å². The van der Waals surface area contributed by atoms with Crippen molar-refractivity contribution in [3.63, 3.8) is 0 Å². The first kappa shape index (κ1) is 17.4. The number of ether oxygens (including phenoxy) is 1. The van der Waals surface area contributed by atoms with Gasteiger partial charge in [-0.3, -0.25) is 4.79 Å². The zero-order valence-corrected chi connectivity index (χ0v) is 14.0. The van der Waals surface area contributed by atoms with Crippen LogP contribution in [0.5, 0.6) is 5.75 Å². The van der Waals surface area contributed by atoms with Gasteiger partial charge in [-0.05, 0) is 37.1 Å². The Balaban J connectivity index is 1.43. The standard InChI is InChI=1S/C18H22FN3O3/c19-15-3-5-16(6-4-15)25-13-18(24)7-10-22(12-18)17(23)2-1-9-21-11-8-20-14-21/h3-6,8,11,14,24H,1-2,7,9-10,12-13H2/t18-/m0/s1. The molecule has 0 saturated carbocycles. The molecule has 25 heavy (non-hydrogen) atoms. The lowest BCUT2D eigenvalue weighted by Crippen LogP contribution is -2.40. The molecule has 1 fully saturated rings. The Morgan fingerprint density at radius 3 is 2.88 bits per heavy atom. The van der Waals surface area contributed by atoms with Gasteiger partial charge >= 0.3 is 0 Å². The van der Waals surface area contributed by atoms with Crippen LogP contribution in [0.4, 0.5) is 4.39 Å². The van der Waals surface area contributed by atoms with E-state index in [-0.39, 0.29) is 24.9 Å². The third kappa shape index (κ3) is 4.79. The number of amides is 1. The number of benzene rings is 1. The van der Waals surface area contributed by atoms with Crippen molar-refractivity contribution in [2.75, 3.05) is 19.7 Å². The molecule has 6 nitrogen and oxygen atoms in total. The van der Waals surface area contributed by atoms with Gasteiger partial charge in [-0.1, -0.05) is 0 Å². The minimum Gasteiger partial charge on any atom is -0.491 e. The number of carbonyl (C=O) groups is 1. The van der Waals surface area contributed by atoms with Gasteiger partial charge in [0.2, 0.25) is 5.91 Å². The first-order valence-electron chi connectivity index (χ1n) is 8.38. The summed E-state index contributed by atoms with van der Waals surface area (Å²) in [6.07, 6.45) is 6.95. The van der Waals surface area contributed by atoms with E-state index < -0.39 is 5.60 Å². The molecule has 1 atom stereocenters. The lowest BCUT2D eigenvalue weighted by atomic mass is 10.1. The van der Waals surface area contributed by atoms with Crippen LogP contribution in [-0.2, 0) is 11.3 Å². The largest absolute Gasteiger partial charge is 0.491 e. The summed E-state index contributed by atoms with van der Waals surface area (Å²) in [4.78, 5) is 17.9. The van der Waals surface area contributed by atoms with Crippen molar-refractivity contribution in [1.29, 1.82) is 0 Å². The number of β-amino-alcohol motifs (C(OH)–C–C–N with tert-alkyl or cyclic N) is 1. The molecule has 1 aromatic heterocycles. The molecule has 2 heterocycles. The highest BCUT2D eigenvalue weighted by atomic mass is 19.1. The average molecular weight is 347 g/mol. The molecule has 1 N–H and O–H groups in total. The molecular formula is C18H22FN3O3. The third-order valence-electron chi connectivity index (χ3n) is 4.37. The van der Waals surface area contributed by atoms with Crippen LogP contribution in [0.15, 0.2) is 43.0 Å². The van der Waals surface area contributed by atoms with Crippen LogP contribution in [0.2, 0.25) is 0 Å². The second-order valence-corrected chi connectivity index (χ2v) is 6.44. The lowest BCUT2D eigenvalue weighted by molar-refractivity contribution is -0.131. The molecule has 1 saturated heterocycles. The summed E-state index contributed by atoms with van der Waals surface area (Å²) in [5.74, 6) is 0.206. The van der Waals surface area contributed by atoms with Gasteiger partial charge in [0.25, 0.3) is 0 Å². The van der Waals surface area contributed by atoms with E-state index >= 15 is 0 Å². The summed E-state index contributed by atoms with van der Waals surface area (Å²) in [5, 5.41) is 10.6. The average Bonchev–Trinajstić information content (AvgIpc) is 3.25. The molecule has 0 spiro atoms. The number of likely N-dealkylation sites (tertiary alicyclic amines) is 1. The van der Waals surface area contributed by atoms with Crippen LogP contribution < -0.4 is 4.74 Å². The fourth-order valence-electron chi connectivity index (χ4n) is 2.93. The maximum atomic E-state index is 12.9. The van der Waals surface area contributed by atoms with Crippen molar-refractivity contribution in [3.8, 4) is 5.75 Å². The molecule has 1 aliphatic heterocycles. The van der Waals surface area contributed by atoms with Gasteiger partial charge < -0.3 is 19.3 Å². The van der Waals surface area contributed by atoms with Crippen LogP contribution >= 0.6 is 0 Å². The molecule has 1 amide bonds. The van der Waals surface area contributed by atoms with Gasteiger partial charge in [0.1, 0.15) is 23.8 Å². The number of aliphatic hydroxyl groups is 1. The van der Waals surface area contributed by atoms with E-state index in [9.17, 15) is 14.3 Å². The van der Waals surface area contributed by atoms with Crippen LogP contribution in [0.1, 0.15) is 19.3 Å². The molecule has 134 valence electrons. The molecule has 3 rings (SSSR count). The van der Waals surface area contributed by atoms with E-state index in [0.29, 0.717) is 25.1 Å². The molecule has 0 unspecified atom stereocenters. The van der Waals surface area contributed by atoms with E-state index in [2.05, 4.69) is 4.98 Å². The van der Waals surface area contributed by atoms with E-state index in [4.69, 9.17) is 4.74 Å². The quantitative estimate of drug-likeness (QED) is 0.830. The number of hydrogen-bond donors (Lipinski definition) is 1. The Morgan fingerprint density at radius 2 is 2.16 bits per heavy atom. The third-order valence-corrected chi connectivity index (χ3v) is 4.37. The second kappa shape index (κ2) is 7.65. The summed E-state index contributed by atoms with van der Waals surface area (Å²) in [6.45, 7) is 1.61. The summed E-state index contributed by atoms with van der Waals surface area (Å²) in [5.41, 5.74) is -1.06. The van der Waals surface area contributed by atoms with E-state index in [0.717, 1.165) is 13.0 Å². The van der Waals surface area contributed by atoms with Gasteiger partial charge in [0, 0.05) is 31.9 Å². The monoisotopic (exact) mass is 347 g/mol. The molecule has 2 aromatic rings. The number of hydrogen-bond acceptors (Lipinski definition) is 4. The summed E-state index contributed by atoms with van der Waals surface area (Å²) < 4.78 is 20.4. The number of aryl methyl sites for hydroxylation is 1. The number of imidazole rings is 1. The van der Waals surface area contributed by atoms with E-state index in [1.165, 1.54) is 24.3 Å². The molecule has 1 aliphatic rings. The van der Waals surface area contributed by atoms with Crippen LogP contribution in [0.3, 0.4) is 0 Å². The number of rotatable bonds is 7. The highest BCUT2D eigenvalue weighted by Gasteiger charge is 2.38. The Morgan fingerprint density at radius 1 is 1.36 bits per heavy atom. The zero-order valence-electron chi connectivity index (χ0n) is 14.0. The molecule has 0 aliphatic carbocycles. The maximum Gasteiger partial charge on any atom is 0.222 e. The Bertz CT molecular complexity index is 690. The van der Waals surface area contributed by atoms with Crippen molar-refractivity contribution >= 4 is 5.91 Å². The fourth-order valence-corrected chi connectivity index (χ4v) is 2.93. The van der Waals surface area contributed by atoms with Crippen LogP contribution in [0, 0.1) is 5.82 Å². The van der Waals surface area contributed by atoms with E-state index in [1.54, 1.807) is 17.4 Å². The molecule has 0 radical (unpaired) electrons. The van der Waals surface area contributed by atoms with Gasteiger partial charge in [-0.25, -0.2) is 9.37 Å². The van der Waals surface area contributed by atoms with Crippen LogP contribution in [0.25, 0.3) is 0 Å². The topological polar surface area (TPSA) is 67.6 Å².